The van der Waals surface area contributed by atoms with Gasteiger partial charge in [-0.3, -0.25) is 29.0 Å². The summed E-state index contributed by atoms with van der Waals surface area (Å²) in [5.41, 5.74) is 0.317. The van der Waals surface area contributed by atoms with Crippen LogP contribution in [0.3, 0.4) is 0 Å². The summed E-state index contributed by atoms with van der Waals surface area (Å²) >= 11 is 6.24. The molecule has 1 atom stereocenters. The maximum absolute atomic E-state index is 15.4. The Balaban J connectivity index is 0.779. The summed E-state index contributed by atoms with van der Waals surface area (Å²) in [5.74, 6) is -0.457. The Morgan fingerprint density at radius 3 is 2.27 bits per heavy atom. The third-order valence-corrected chi connectivity index (χ3v) is 13.7. The first kappa shape index (κ1) is 41.4. The maximum Gasteiger partial charge on any atom is 0.272 e. The Kier molecular flexibility index (Phi) is 11.2. The SMILES string of the molecule is CC1(C)C(NC(=O)c2ccc(N3CCC(CCN4CCN(c5cc6c(cc5F)C(=O)N(C5CCCNC5=O)C6=O)CC4)CC3)nn2)C(C)(C)C1Oc1ccc(C#N)c(Cl)c1. The lowest BCUT2D eigenvalue weighted by atomic mass is 9.49. The van der Waals surface area contributed by atoms with Crippen LogP contribution in [0.5, 0.6) is 5.75 Å². The predicted molar refractivity (Wildman–Crippen MR) is 223 cm³/mol. The van der Waals surface area contributed by atoms with Crippen molar-refractivity contribution >= 4 is 46.7 Å². The average molecular weight is 840 g/mol. The fourth-order valence-electron chi connectivity index (χ4n) is 10.2. The van der Waals surface area contributed by atoms with Crippen molar-refractivity contribution in [3.8, 4) is 11.8 Å². The molecule has 3 saturated heterocycles. The number of amides is 4. The number of benzene rings is 2. The van der Waals surface area contributed by atoms with E-state index in [4.69, 9.17) is 16.3 Å². The van der Waals surface area contributed by atoms with E-state index >= 15 is 4.39 Å². The second kappa shape index (κ2) is 16.3. The number of nitriles is 1. The maximum atomic E-state index is 15.4. The van der Waals surface area contributed by atoms with Gasteiger partial charge in [-0.25, -0.2) is 4.39 Å². The van der Waals surface area contributed by atoms with Crippen molar-refractivity contribution in [3.05, 3.63) is 75.7 Å². The summed E-state index contributed by atoms with van der Waals surface area (Å²) in [6.07, 6.45) is 3.92. The average Bonchev–Trinajstić information content (AvgIpc) is 3.48. The third-order valence-electron chi connectivity index (χ3n) is 13.4. The zero-order valence-corrected chi connectivity index (χ0v) is 35.2. The van der Waals surface area contributed by atoms with E-state index in [2.05, 4.69) is 64.4 Å². The van der Waals surface area contributed by atoms with Crippen molar-refractivity contribution in [2.75, 3.05) is 62.2 Å². The minimum Gasteiger partial charge on any atom is -0.489 e. The van der Waals surface area contributed by atoms with Crippen LogP contribution in [0.1, 0.15) is 96.6 Å². The van der Waals surface area contributed by atoms with Crippen molar-refractivity contribution in [3.63, 3.8) is 0 Å². The molecule has 5 heterocycles. The molecule has 0 spiro atoms. The number of ether oxygens (including phenoxy) is 1. The van der Waals surface area contributed by atoms with Gasteiger partial charge in [0.2, 0.25) is 5.91 Å². The molecule has 1 aliphatic carbocycles. The van der Waals surface area contributed by atoms with Gasteiger partial charge in [-0.2, -0.15) is 5.26 Å². The fourth-order valence-corrected chi connectivity index (χ4v) is 10.5. The lowest BCUT2D eigenvalue weighted by Crippen LogP contribution is -2.74. The second-order valence-corrected chi connectivity index (χ2v) is 18.3. The zero-order chi connectivity index (χ0) is 42.5. The summed E-state index contributed by atoms with van der Waals surface area (Å²) in [6.45, 7) is 14.1. The van der Waals surface area contributed by atoms with Gasteiger partial charge in [-0.05, 0) is 81.0 Å². The number of halogens is 2. The highest BCUT2D eigenvalue weighted by atomic mass is 35.5. The zero-order valence-electron chi connectivity index (χ0n) is 34.5. The van der Waals surface area contributed by atoms with Gasteiger partial charge in [0.25, 0.3) is 17.7 Å². The smallest absolute Gasteiger partial charge is 0.272 e. The van der Waals surface area contributed by atoms with Crippen LogP contribution in [0, 0.1) is 33.9 Å². The normalized spacial score (nSPS) is 24.1. The molecule has 16 heteroatoms. The molecule has 1 saturated carbocycles. The Labute approximate surface area is 354 Å². The Bertz CT molecular complexity index is 2220. The molecule has 0 radical (unpaired) electrons. The molecule has 2 N–H and O–H groups in total. The van der Waals surface area contributed by atoms with Crippen LogP contribution in [0.4, 0.5) is 15.9 Å². The quantitative estimate of drug-likeness (QED) is 0.263. The van der Waals surface area contributed by atoms with Crippen molar-refractivity contribution in [1.29, 1.82) is 5.26 Å². The molecular formula is C44H51ClFN9O5. The lowest BCUT2D eigenvalue weighted by Gasteiger charge is -2.63. The number of rotatable bonds is 10. The molecule has 60 heavy (non-hydrogen) atoms. The topological polar surface area (TPSA) is 164 Å². The summed E-state index contributed by atoms with van der Waals surface area (Å²) in [6, 6.07) is 12.3. The van der Waals surface area contributed by atoms with E-state index in [9.17, 15) is 24.4 Å². The van der Waals surface area contributed by atoms with Crippen LogP contribution >= 0.6 is 11.6 Å². The van der Waals surface area contributed by atoms with E-state index in [1.165, 1.54) is 6.07 Å². The van der Waals surface area contributed by atoms with E-state index in [1.807, 2.05) is 11.0 Å². The number of nitrogens with one attached hydrogen (secondary N) is 2. The summed E-state index contributed by atoms with van der Waals surface area (Å²) < 4.78 is 21.8. The fraction of sp³-hybridized carbons (Fsp3) is 0.523. The van der Waals surface area contributed by atoms with Gasteiger partial charge >= 0.3 is 0 Å². The van der Waals surface area contributed by atoms with Crippen LogP contribution in [0.2, 0.25) is 5.02 Å². The molecule has 2 aromatic carbocycles. The molecule has 0 bridgehead atoms. The predicted octanol–water partition coefficient (Wildman–Crippen LogP) is 5.06. The molecule has 14 nitrogen and oxygen atoms in total. The van der Waals surface area contributed by atoms with Crippen LogP contribution in [0.25, 0.3) is 0 Å². The first-order valence-corrected chi connectivity index (χ1v) is 21.3. The lowest BCUT2D eigenvalue weighted by molar-refractivity contribution is -0.164. The number of hydrogen-bond donors (Lipinski definition) is 2. The third kappa shape index (κ3) is 7.64. The number of carbonyl (C=O) groups excluding carboxylic acids is 4. The number of piperidine rings is 2. The van der Waals surface area contributed by atoms with Gasteiger partial charge in [0.1, 0.15) is 29.8 Å². The minimum atomic E-state index is -0.867. The standard InChI is InChI=1S/C44H51ClFN9O5/c1-43(2)41(44(3,4)42(43)60-28-8-7-27(25-47)31(45)22-28)49-37(56)33-9-10-36(51-50-33)54-16-12-26(13-17-54)11-15-52-18-20-53(21-19-52)35-24-30-29(23-32(35)46)39(58)55(40(30)59)34-6-5-14-48-38(34)57/h7-10,22-24,26,34,41-42H,5-6,11-21H2,1-4H3,(H,48,57)(H,49,56). The van der Waals surface area contributed by atoms with Crippen molar-refractivity contribution < 1.29 is 28.3 Å². The largest absolute Gasteiger partial charge is 0.489 e. The molecule has 4 amide bonds. The molecule has 1 aromatic heterocycles. The molecule has 4 aliphatic heterocycles. The first-order chi connectivity index (χ1) is 28.7. The molecule has 1 unspecified atom stereocenters. The van der Waals surface area contributed by atoms with Gasteiger partial charge < -0.3 is 25.2 Å². The first-order valence-electron chi connectivity index (χ1n) is 20.9. The van der Waals surface area contributed by atoms with E-state index in [1.54, 1.807) is 24.3 Å². The van der Waals surface area contributed by atoms with Crippen molar-refractivity contribution in [1.82, 2.24) is 30.6 Å². The van der Waals surface area contributed by atoms with Gasteiger partial charge in [0, 0.05) is 68.8 Å². The van der Waals surface area contributed by atoms with Gasteiger partial charge in [0.15, 0.2) is 11.5 Å². The van der Waals surface area contributed by atoms with Gasteiger partial charge in [0.05, 0.1) is 27.4 Å². The number of anilines is 2. The van der Waals surface area contributed by atoms with Crippen LogP contribution < -0.4 is 25.2 Å². The van der Waals surface area contributed by atoms with Crippen molar-refractivity contribution in [2.24, 2.45) is 16.7 Å². The molecular weight excluding hydrogens is 789 g/mol. The van der Waals surface area contributed by atoms with Crippen molar-refractivity contribution in [2.45, 2.75) is 78.0 Å². The van der Waals surface area contributed by atoms with Gasteiger partial charge in [-0.15, -0.1) is 10.2 Å². The number of piperazine rings is 1. The Morgan fingerprint density at radius 1 is 0.933 bits per heavy atom. The highest BCUT2D eigenvalue weighted by Crippen LogP contribution is 2.55. The Hall–Kier alpha value is -5.33. The highest BCUT2D eigenvalue weighted by molar-refractivity contribution is 6.31. The summed E-state index contributed by atoms with van der Waals surface area (Å²) in [4.78, 5) is 59.8. The highest BCUT2D eigenvalue weighted by Gasteiger charge is 2.64. The summed E-state index contributed by atoms with van der Waals surface area (Å²) in [7, 11) is 0. The van der Waals surface area contributed by atoms with E-state index in [-0.39, 0.29) is 40.8 Å². The van der Waals surface area contributed by atoms with Gasteiger partial charge in [-0.1, -0.05) is 39.3 Å². The number of nitrogens with zero attached hydrogens (tertiary/aromatic N) is 7. The number of hydrogen-bond acceptors (Lipinski definition) is 11. The van der Waals surface area contributed by atoms with E-state index < -0.39 is 34.5 Å². The molecule has 5 aliphatic rings. The number of carbonyl (C=O) groups is 4. The number of imide groups is 1. The summed E-state index contributed by atoms with van der Waals surface area (Å²) in [5, 5.41) is 24.2. The molecule has 3 aromatic rings. The molecule has 316 valence electrons. The molecule has 4 fully saturated rings. The van der Waals surface area contributed by atoms with Crippen LogP contribution in [0.15, 0.2) is 42.5 Å². The van der Waals surface area contributed by atoms with Crippen LogP contribution in [-0.2, 0) is 4.79 Å². The monoisotopic (exact) mass is 839 g/mol. The second-order valence-electron chi connectivity index (χ2n) is 17.9. The number of fused-ring (bicyclic) bond motifs is 1. The Morgan fingerprint density at radius 2 is 1.63 bits per heavy atom. The van der Waals surface area contributed by atoms with Crippen LogP contribution in [-0.4, -0.2) is 114 Å². The molecule has 8 rings (SSSR count). The van der Waals surface area contributed by atoms with E-state index in [0.717, 1.165) is 68.8 Å². The minimum absolute atomic E-state index is 0.0177. The van der Waals surface area contributed by atoms with E-state index in [0.29, 0.717) is 60.4 Å². The number of aromatic nitrogens is 2.